The van der Waals surface area contributed by atoms with Crippen molar-refractivity contribution in [3.05, 3.63) is 16.3 Å². The molecule has 0 aliphatic heterocycles. The number of rotatable bonds is 5. The normalized spacial score (nSPS) is 17.7. The number of hydrogen-bond donors (Lipinski definition) is 1. The highest BCUT2D eigenvalue weighted by molar-refractivity contribution is 9.09. The van der Waals surface area contributed by atoms with Gasteiger partial charge in [-0.1, -0.05) is 28.8 Å². The van der Waals surface area contributed by atoms with Crippen LogP contribution in [0, 0.1) is 5.41 Å². The number of hydrogen-bond acceptors (Lipinski definition) is 3. The molecule has 1 aliphatic carbocycles. The van der Waals surface area contributed by atoms with Crippen LogP contribution in [0.2, 0.25) is 0 Å². The second kappa shape index (κ2) is 6.06. The highest BCUT2D eigenvalue weighted by atomic mass is 79.9. The van der Waals surface area contributed by atoms with Gasteiger partial charge in [-0.3, -0.25) is 4.79 Å². The van der Waals surface area contributed by atoms with Gasteiger partial charge in [-0.2, -0.15) is 0 Å². The Morgan fingerprint density at radius 1 is 1.56 bits per heavy atom. The molecule has 2 rings (SSSR count). The molecule has 1 amide bonds. The molecule has 1 N–H and O–H groups in total. The lowest BCUT2D eigenvalue weighted by Gasteiger charge is -2.26. The van der Waals surface area contributed by atoms with Crippen LogP contribution in [0.25, 0.3) is 0 Å². The summed E-state index contributed by atoms with van der Waals surface area (Å²) in [5.74, 6) is 0.644. The van der Waals surface area contributed by atoms with Crippen LogP contribution < -0.4 is 10.1 Å². The molecular weight excluding hydrogens is 314 g/mol. The van der Waals surface area contributed by atoms with Crippen LogP contribution in [-0.4, -0.2) is 24.9 Å². The minimum Gasteiger partial charge on any atom is -0.495 e. The monoisotopic (exact) mass is 331 g/mol. The Labute approximate surface area is 120 Å². The van der Waals surface area contributed by atoms with Gasteiger partial charge in [-0.15, -0.1) is 11.3 Å². The van der Waals surface area contributed by atoms with E-state index in [1.165, 1.54) is 37.0 Å². The smallest absolute Gasteiger partial charge is 0.265 e. The number of alkyl halides is 1. The van der Waals surface area contributed by atoms with Crippen LogP contribution in [0.5, 0.6) is 5.75 Å². The van der Waals surface area contributed by atoms with Gasteiger partial charge < -0.3 is 10.1 Å². The molecule has 1 heterocycles. The minimum atomic E-state index is -0.0194. The van der Waals surface area contributed by atoms with Crippen molar-refractivity contribution in [2.24, 2.45) is 5.41 Å². The van der Waals surface area contributed by atoms with E-state index in [-0.39, 0.29) is 11.3 Å². The molecule has 100 valence electrons. The zero-order valence-corrected chi connectivity index (χ0v) is 12.9. The average molecular weight is 332 g/mol. The number of carbonyl (C=O) groups is 1. The molecule has 0 atom stereocenters. The molecule has 18 heavy (non-hydrogen) atoms. The highest BCUT2D eigenvalue weighted by Gasteiger charge is 2.33. The molecule has 0 unspecified atom stereocenters. The molecule has 3 nitrogen and oxygen atoms in total. The van der Waals surface area contributed by atoms with Crippen LogP contribution in [0.3, 0.4) is 0 Å². The van der Waals surface area contributed by atoms with Crippen molar-refractivity contribution in [1.82, 2.24) is 5.32 Å². The number of carbonyl (C=O) groups excluding carboxylic acids is 1. The average Bonchev–Trinajstić information content (AvgIpc) is 3.05. The van der Waals surface area contributed by atoms with E-state index in [9.17, 15) is 4.79 Å². The first-order valence-electron chi connectivity index (χ1n) is 6.16. The van der Waals surface area contributed by atoms with Crippen LogP contribution in [0.4, 0.5) is 0 Å². The van der Waals surface area contributed by atoms with Gasteiger partial charge in [0.2, 0.25) is 0 Å². The molecule has 1 saturated carbocycles. The first kappa shape index (κ1) is 13.9. The Hall–Kier alpha value is -0.550. The maximum Gasteiger partial charge on any atom is 0.265 e. The fraction of sp³-hybridized carbons (Fsp3) is 0.615. The van der Waals surface area contributed by atoms with Gasteiger partial charge in [0.05, 0.1) is 7.11 Å². The molecule has 1 aliphatic rings. The van der Waals surface area contributed by atoms with Gasteiger partial charge in [0.25, 0.3) is 5.91 Å². The largest absolute Gasteiger partial charge is 0.495 e. The first-order valence-corrected chi connectivity index (χ1v) is 8.16. The van der Waals surface area contributed by atoms with Crippen molar-refractivity contribution < 1.29 is 9.53 Å². The van der Waals surface area contributed by atoms with Gasteiger partial charge in [0.15, 0.2) is 0 Å². The molecule has 0 aromatic carbocycles. The Morgan fingerprint density at radius 2 is 2.28 bits per heavy atom. The van der Waals surface area contributed by atoms with Crippen LogP contribution >= 0.6 is 27.3 Å². The van der Waals surface area contributed by atoms with Crippen molar-refractivity contribution in [1.29, 1.82) is 0 Å². The summed E-state index contributed by atoms with van der Waals surface area (Å²) in [6.07, 6.45) is 4.92. The van der Waals surface area contributed by atoms with Crippen molar-refractivity contribution in [2.75, 3.05) is 19.0 Å². The lowest BCUT2D eigenvalue weighted by molar-refractivity contribution is 0.0937. The SMILES string of the molecule is COc1ccsc1C(=O)NCC1(CBr)CCCC1. The molecule has 0 spiro atoms. The van der Waals surface area contributed by atoms with Gasteiger partial charge in [0, 0.05) is 11.9 Å². The summed E-state index contributed by atoms with van der Waals surface area (Å²) in [4.78, 5) is 12.8. The third-order valence-corrected chi connectivity index (χ3v) is 5.71. The Morgan fingerprint density at radius 3 is 2.89 bits per heavy atom. The fourth-order valence-corrected chi connectivity index (χ4v) is 3.99. The van der Waals surface area contributed by atoms with E-state index in [2.05, 4.69) is 21.2 Å². The predicted molar refractivity (Wildman–Crippen MR) is 77.9 cm³/mol. The standard InChI is InChI=1S/C13H18BrNO2S/c1-17-10-4-7-18-11(10)12(16)15-9-13(8-14)5-2-3-6-13/h4,7H,2-3,5-6,8-9H2,1H3,(H,15,16). The molecule has 1 fully saturated rings. The summed E-state index contributed by atoms with van der Waals surface area (Å²) >= 11 is 5.01. The molecule has 1 aromatic rings. The molecular formula is C13H18BrNO2S. The third-order valence-electron chi connectivity index (χ3n) is 3.63. The summed E-state index contributed by atoms with van der Waals surface area (Å²) in [6, 6.07) is 1.83. The van der Waals surface area contributed by atoms with Gasteiger partial charge in [-0.05, 0) is 29.7 Å². The maximum atomic E-state index is 12.1. The number of halogens is 1. The van der Waals surface area contributed by atoms with Crippen molar-refractivity contribution >= 4 is 33.2 Å². The molecule has 1 aromatic heterocycles. The summed E-state index contributed by atoms with van der Waals surface area (Å²) in [7, 11) is 1.59. The van der Waals surface area contributed by atoms with Crippen LogP contribution in [0.1, 0.15) is 35.4 Å². The van der Waals surface area contributed by atoms with E-state index in [0.717, 1.165) is 11.9 Å². The van der Waals surface area contributed by atoms with E-state index in [0.29, 0.717) is 10.6 Å². The van der Waals surface area contributed by atoms with E-state index in [1.54, 1.807) is 7.11 Å². The molecule has 0 bridgehead atoms. The van der Waals surface area contributed by atoms with Crippen molar-refractivity contribution in [2.45, 2.75) is 25.7 Å². The molecule has 0 saturated heterocycles. The molecule has 0 radical (unpaired) electrons. The minimum absolute atomic E-state index is 0.0194. The van der Waals surface area contributed by atoms with Crippen LogP contribution in [-0.2, 0) is 0 Å². The Balaban J connectivity index is 1.96. The second-order valence-electron chi connectivity index (χ2n) is 4.84. The maximum absolute atomic E-state index is 12.1. The summed E-state index contributed by atoms with van der Waals surface area (Å²) in [5, 5.41) is 5.89. The zero-order valence-electron chi connectivity index (χ0n) is 10.5. The van der Waals surface area contributed by atoms with E-state index in [4.69, 9.17) is 4.74 Å². The van der Waals surface area contributed by atoms with Crippen molar-refractivity contribution in [3.8, 4) is 5.75 Å². The predicted octanol–water partition coefficient (Wildman–Crippen LogP) is 3.44. The molecule has 5 heteroatoms. The van der Waals surface area contributed by atoms with Crippen molar-refractivity contribution in [3.63, 3.8) is 0 Å². The Bertz CT molecular complexity index is 413. The van der Waals surface area contributed by atoms with Gasteiger partial charge in [0.1, 0.15) is 10.6 Å². The number of thiophene rings is 1. The second-order valence-corrected chi connectivity index (χ2v) is 6.32. The van der Waals surface area contributed by atoms with E-state index in [1.807, 2.05) is 11.4 Å². The van der Waals surface area contributed by atoms with E-state index < -0.39 is 0 Å². The number of nitrogens with one attached hydrogen (secondary N) is 1. The van der Waals surface area contributed by atoms with E-state index >= 15 is 0 Å². The highest BCUT2D eigenvalue weighted by Crippen LogP contribution is 2.39. The lowest BCUT2D eigenvalue weighted by atomic mass is 9.89. The number of amides is 1. The van der Waals surface area contributed by atoms with Crippen LogP contribution in [0.15, 0.2) is 11.4 Å². The topological polar surface area (TPSA) is 38.3 Å². The summed E-state index contributed by atoms with van der Waals surface area (Å²) < 4.78 is 5.17. The fourth-order valence-electron chi connectivity index (χ4n) is 2.45. The summed E-state index contributed by atoms with van der Waals surface area (Å²) in [6.45, 7) is 0.748. The number of ether oxygens (including phenoxy) is 1. The zero-order chi connectivity index (χ0) is 13.0. The lowest BCUT2D eigenvalue weighted by Crippen LogP contribution is -2.36. The van der Waals surface area contributed by atoms with Gasteiger partial charge in [-0.25, -0.2) is 0 Å². The summed E-state index contributed by atoms with van der Waals surface area (Å²) in [5.41, 5.74) is 0.250. The van der Waals surface area contributed by atoms with Gasteiger partial charge >= 0.3 is 0 Å². The number of methoxy groups -OCH3 is 1. The Kier molecular flexibility index (Phi) is 4.67. The quantitative estimate of drug-likeness (QED) is 0.839. The third kappa shape index (κ3) is 2.88. The first-order chi connectivity index (χ1) is 8.71.